The Hall–Kier alpha value is -1.66. The Labute approximate surface area is 137 Å². The van der Waals surface area contributed by atoms with E-state index >= 15 is 0 Å². The van der Waals surface area contributed by atoms with Crippen molar-refractivity contribution in [2.45, 2.75) is 9.79 Å². The van der Waals surface area contributed by atoms with Crippen LogP contribution in [-0.2, 0) is 31.3 Å². The van der Waals surface area contributed by atoms with Crippen molar-refractivity contribution >= 4 is 11.8 Å². The fourth-order valence-corrected chi connectivity index (χ4v) is 2.35. The van der Waals surface area contributed by atoms with E-state index in [9.17, 15) is 0 Å². The third kappa shape index (κ3) is 6.10. The first kappa shape index (κ1) is 21.6. The van der Waals surface area contributed by atoms with Gasteiger partial charge in [0.05, 0.1) is 0 Å². The monoisotopic (exact) mass is 335 g/mol. The molecule has 0 unspecified atom stereocenters. The molecule has 2 aromatic carbocycles. The van der Waals surface area contributed by atoms with Gasteiger partial charge in [0.1, 0.15) is 5.75 Å². The van der Waals surface area contributed by atoms with Gasteiger partial charge in [-0.3, -0.25) is 0 Å². The second-order valence-electron chi connectivity index (χ2n) is 3.02. The predicted molar refractivity (Wildman–Crippen MR) is 67.7 cm³/mol. The molecule has 21 heavy (non-hydrogen) atoms. The topological polar surface area (TPSA) is 68.9 Å². The summed E-state index contributed by atoms with van der Waals surface area (Å²) in [6.07, 6.45) is 0. The summed E-state index contributed by atoms with van der Waals surface area (Å²) in [6, 6.07) is 16.9. The summed E-state index contributed by atoms with van der Waals surface area (Å²) in [6.45, 7) is 13.5. The van der Waals surface area contributed by atoms with E-state index in [-0.39, 0.29) is 17.4 Å². The minimum Gasteiger partial charge on any atom is -0.481 e. The van der Waals surface area contributed by atoms with Crippen LogP contribution in [0, 0.1) is 26.0 Å². The Morgan fingerprint density at radius 3 is 2.10 bits per heavy atom. The smallest absolute Gasteiger partial charge is 0.137 e. The van der Waals surface area contributed by atoms with Crippen LogP contribution in [0.5, 0.6) is 11.5 Å². The van der Waals surface area contributed by atoms with Crippen LogP contribution in [0.4, 0.5) is 0 Å². The molecule has 1 heterocycles. The maximum absolute atomic E-state index is 7.50. The molecule has 0 N–H and O–H groups in total. The van der Waals surface area contributed by atoms with Gasteiger partial charge < -0.3 is 4.74 Å². The number of para-hydroxylation sites is 1. The average molecular weight is 335 g/mol. The fraction of sp³-hybridized carbons (Fsp3) is 0. The molecule has 0 aliphatic carbocycles. The second-order valence-corrected chi connectivity index (χ2v) is 4.11. The van der Waals surface area contributed by atoms with Gasteiger partial charge in [-0.2, -0.15) is 30.0 Å². The summed E-state index contributed by atoms with van der Waals surface area (Å²) in [5.41, 5.74) is 0. The molecule has 0 spiro atoms. The van der Waals surface area contributed by atoms with Crippen LogP contribution in [0.2, 0.25) is 0 Å². The Balaban J connectivity index is 0. The van der Waals surface area contributed by atoms with Crippen molar-refractivity contribution in [3.63, 3.8) is 0 Å². The van der Waals surface area contributed by atoms with Crippen molar-refractivity contribution in [2.75, 3.05) is 0 Å². The summed E-state index contributed by atoms with van der Waals surface area (Å²) in [7, 11) is 0. The molecule has 2 aromatic rings. The van der Waals surface area contributed by atoms with Crippen molar-refractivity contribution in [1.82, 2.24) is 0 Å². The zero-order valence-electron chi connectivity index (χ0n) is 10.5. The number of hydrogen-bond donors (Lipinski definition) is 0. The number of fused-ring (bicyclic) bond motifs is 2. The molecule has 0 saturated carbocycles. The van der Waals surface area contributed by atoms with Crippen LogP contribution in [0.25, 0.3) is 0 Å². The molecule has 0 radical (unpaired) electrons. The van der Waals surface area contributed by atoms with Crippen LogP contribution in [0.15, 0.2) is 52.3 Å². The third-order valence-corrected chi connectivity index (χ3v) is 3.17. The largest absolute Gasteiger partial charge is 0.481 e. The van der Waals surface area contributed by atoms with Crippen molar-refractivity contribution in [3.8, 4) is 11.5 Å². The molecule has 0 saturated heterocycles. The van der Waals surface area contributed by atoms with E-state index in [1.54, 1.807) is 11.8 Å². The van der Waals surface area contributed by atoms with Gasteiger partial charge in [0.25, 0.3) is 0 Å². The first-order valence-electron chi connectivity index (χ1n) is 4.99. The van der Waals surface area contributed by atoms with Crippen LogP contribution >= 0.6 is 11.8 Å². The molecule has 1 aliphatic rings. The molecule has 3 rings (SSSR count). The Morgan fingerprint density at radius 1 is 0.857 bits per heavy atom. The van der Waals surface area contributed by atoms with Crippen molar-refractivity contribution < 1.29 is 36.1 Å². The minimum atomic E-state index is 0. The molecule has 0 aromatic heterocycles. The van der Waals surface area contributed by atoms with E-state index < -0.39 is 0 Å². The van der Waals surface area contributed by atoms with E-state index in [0.29, 0.717) is 0 Å². The van der Waals surface area contributed by atoms with Crippen molar-refractivity contribution in [2.24, 2.45) is 0 Å². The van der Waals surface area contributed by atoms with Gasteiger partial charge in [-0.25, -0.2) is 0 Å². The van der Waals surface area contributed by atoms with Gasteiger partial charge in [-0.05, 0) is 12.1 Å². The molecular formula is C15H7CrO4S-. The summed E-state index contributed by atoms with van der Waals surface area (Å²) in [4.78, 5) is 2.30. The number of ether oxygens (including phenoxy) is 1. The summed E-state index contributed by atoms with van der Waals surface area (Å²) in [5, 5.41) is 0. The molecule has 104 valence electrons. The SMILES string of the molecule is [C-]#[O+].[C-]#[O+].[C-]#[O+].[Cr].[c-]1ccc2c(c1)Sc1ccccc1O2. The van der Waals surface area contributed by atoms with E-state index in [4.69, 9.17) is 18.7 Å². The van der Waals surface area contributed by atoms with E-state index in [1.807, 2.05) is 36.4 Å². The molecule has 0 bridgehead atoms. The average Bonchev–Trinajstić information content (AvgIpc) is 2.58. The molecule has 0 fully saturated rings. The number of rotatable bonds is 0. The maximum atomic E-state index is 7.50. The van der Waals surface area contributed by atoms with Crippen LogP contribution in [0.1, 0.15) is 0 Å². The van der Waals surface area contributed by atoms with E-state index in [1.165, 1.54) is 4.90 Å². The van der Waals surface area contributed by atoms with Gasteiger partial charge in [0.2, 0.25) is 0 Å². The molecule has 1 aliphatic heterocycles. The maximum Gasteiger partial charge on any atom is 0.137 e. The van der Waals surface area contributed by atoms with Gasteiger partial charge in [0.15, 0.2) is 0 Å². The molecular weight excluding hydrogens is 328 g/mol. The van der Waals surface area contributed by atoms with E-state index in [2.05, 4.69) is 32.1 Å². The van der Waals surface area contributed by atoms with Crippen LogP contribution < -0.4 is 4.74 Å². The van der Waals surface area contributed by atoms with Gasteiger partial charge in [-0.15, -0.1) is 6.07 Å². The van der Waals surface area contributed by atoms with Crippen LogP contribution in [0.3, 0.4) is 0 Å². The molecule has 0 amide bonds. The van der Waals surface area contributed by atoms with Gasteiger partial charge >= 0.3 is 33.9 Å². The first-order chi connectivity index (χ1) is 9.93. The fourth-order valence-electron chi connectivity index (χ4n) is 1.42. The third-order valence-electron chi connectivity index (χ3n) is 2.08. The van der Waals surface area contributed by atoms with Gasteiger partial charge in [0, 0.05) is 28.0 Å². The zero-order chi connectivity index (χ0) is 15.4. The van der Waals surface area contributed by atoms with Crippen molar-refractivity contribution in [1.29, 1.82) is 0 Å². The molecule has 6 heteroatoms. The zero-order valence-corrected chi connectivity index (χ0v) is 12.6. The summed E-state index contributed by atoms with van der Waals surface area (Å²) >= 11 is 1.73. The Morgan fingerprint density at radius 2 is 1.43 bits per heavy atom. The predicted octanol–water partition coefficient (Wildman–Crippen LogP) is 3.63. The first-order valence-corrected chi connectivity index (χ1v) is 5.81. The minimum absolute atomic E-state index is 0. The second kappa shape index (κ2) is 13.3. The summed E-state index contributed by atoms with van der Waals surface area (Å²) < 4.78 is 28.2. The molecule has 0 atom stereocenters. The number of hydrogen-bond acceptors (Lipinski definition) is 2. The molecule has 4 nitrogen and oxygen atoms in total. The summed E-state index contributed by atoms with van der Waals surface area (Å²) in [5.74, 6) is 1.86. The van der Waals surface area contributed by atoms with Crippen LogP contribution in [-0.4, -0.2) is 0 Å². The Bertz CT molecular complexity index is 506. The normalized spacial score (nSPS) is 8.67. The van der Waals surface area contributed by atoms with Gasteiger partial charge in [-0.1, -0.05) is 17.0 Å². The van der Waals surface area contributed by atoms with E-state index in [0.717, 1.165) is 16.4 Å². The Kier molecular flexibility index (Phi) is 13.7. The standard InChI is InChI=1S/C12H7OS.3CO.Cr/c1-3-7-11-9(5-1)13-10-6-2-4-8-12(10)14-11;3*1-2;/h1-3,5-8H;;;;/q-1;;;;. The number of benzene rings is 2. The van der Waals surface area contributed by atoms with Crippen molar-refractivity contribution in [3.05, 3.63) is 68.5 Å². The quantitative estimate of drug-likeness (QED) is 0.465.